The Morgan fingerprint density at radius 3 is 2.55 bits per heavy atom. The highest BCUT2D eigenvalue weighted by Gasteiger charge is 2.18. The second-order valence-corrected chi connectivity index (χ2v) is 5.75. The van der Waals surface area contributed by atoms with Crippen molar-refractivity contribution in [3.8, 4) is 0 Å². The smallest absolute Gasteiger partial charge is 0.125 e. The predicted octanol–water partition coefficient (Wildman–Crippen LogP) is 4.54. The van der Waals surface area contributed by atoms with Crippen LogP contribution >= 0.6 is 0 Å². The molecule has 1 saturated carbocycles. The highest BCUT2D eigenvalue weighted by Crippen LogP contribution is 2.28. The van der Waals surface area contributed by atoms with Gasteiger partial charge in [0.15, 0.2) is 0 Å². The summed E-state index contributed by atoms with van der Waals surface area (Å²) in [6.07, 6.45) is 8.71. The van der Waals surface area contributed by atoms with Gasteiger partial charge in [-0.1, -0.05) is 56.0 Å². The third-order valence-electron chi connectivity index (χ3n) is 4.34. The molecule has 1 aromatic heterocycles. The van der Waals surface area contributed by atoms with Gasteiger partial charge in [0, 0.05) is 0 Å². The molecule has 0 saturated heterocycles. The average molecular weight is 269 g/mol. The van der Waals surface area contributed by atoms with E-state index in [-0.39, 0.29) is 6.04 Å². The largest absolute Gasteiger partial charge is 0.467 e. The minimum atomic E-state index is 0.174. The van der Waals surface area contributed by atoms with Gasteiger partial charge >= 0.3 is 0 Å². The van der Waals surface area contributed by atoms with Gasteiger partial charge in [-0.05, 0) is 36.6 Å². The van der Waals surface area contributed by atoms with E-state index >= 15 is 0 Å². The molecule has 1 fully saturated rings. The van der Waals surface area contributed by atoms with Crippen molar-refractivity contribution >= 4 is 0 Å². The molecular weight excluding hydrogens is 246 g/mol. The van der Waals surface area contributed by atoms with Gasteiger partial charge < -0.3 is 9.73 Å². The van der Waals surface area contributed by atoms with Crippen molar-refractivity contribution in [3.05, 3.63) is 60.1 Å². The zero-order valence-corrected chi connectivity index (χ0v) is 11.9. The van der Waals surface area contributed by atoms with Crippen LogP contribution in [0.25, 0.3) is 0 Å². The SMILES string of the molecule is c1ccc(C(NCCC2CCCC2)c2ccco2)cc1. The number of rotatable bonds is 6. The van der Waals surface area contributed by atoms with Crippen LogP contribution in [-0.4, -0.2) is 6.54 Å². The van der Waals surface area contributed by atoms with Crippen molar-refractivity contribution in [1.29, 1.82) is 0 Å². The van der Waals surface area contributed by atoms with Crippen LogP contribution in [0.15, 0.2) is 53.1 Å². The van der Waals surface area contributed by atoms with E-state index in [1.54, 1.807) is 6.26 Å². The molecule has 106 valence electrons. The number of nitrogens with one attached hydrogen (secondary N) is 1. The van der Waals surface area contributed by atoms with Crippen molar-refractivity contribution in [2.24, 2.45) is 5.92 Å². The zero-order valence-electron chi connectivity index (χ0n) is 11.9. The molecule has 2 nitrogen and oxygen atoms in total. The van der Waals surface area contributed by atoms with E-state index in [1.165, 1.54) is 37.7 Å². The summed E-state index contributed by atoms with van der Waals surface area (Å²) >= 11 is 0. The van der Waals surface area contributed by atoms with E-state index in [0.717, 1.165) is 18.2 Å². The van der Waals surface area contributed by atoms with Crippen molar-refractivity contribution < 1.29 is 4.42 Å². The number of hydrogen-bond acceptors (Lipinski definition) is 2. The Morgan fingerprint density at radius 2 is 1.85 bits per heavy atom. The first-order valence-corrected chi connectivity index (χ1v) is 7.75. The van der Waals surface area contributed by atoms with Crippen molar-refractivity contribution in [1.82, 2.24) is 5.32 Å². The Hall–Kier alpha value is -1.54. The molecule has 1 atom stereocenters. The lowest BCUT2D eigenvalue weighted by Gasteiger charge is -2.18. The first kappa shape index (κ1) is 13.4. The first-order chi connectivity index (χ1) is 9.93. The topological polar surface area (TPSA) is 25.2 Å². The van der Waals surface area contributed by atoms with Crippen LogP contribution in [0.2, 0.25) is 0 Å². The van der Waals surface area contributed by atoms with Crippen LogP contribution in [-0.2, 0) is 0 Å². The summed E-state index contributed by atoms with van der Waals surface area (Å²) in [6, 6.07) is 14.7. The summed E-state index contributed by atoms with van der Waals surface area (Å²) in [6.45, 7) is 1.06. The summed E-state index contributed by atoms with van der Waals surface area (Å²) in [5.41, 5.74) is 1.27. The maximum Gasteiger partial charge on any atom is 0.125 e. The summed E-state index contributed by atoms with van der Waals surface area (Å²) in [4.78, 5) is 0. The fourth-order valence-electron chi connectivity index (χ4n) is 3.21. The van der Waals surface area contributed by atoms with Gasteiger partial charge in [0.1, 0.15) is 5.76 Å². The normalized spacial score (nSPS) is 17.4. The Labute approximate surface area is 121 Å². The number of benzene rings is 1. The molecule has 0 radical (unpaired) electrons. The van der Waals surface area contributed by atoms with Crippen molar-refractivity contribution in [3.63, 3.8) is 0 Å². The van der Waals surface area contributed by atoms with Crippen LogP contribution in [0.5, 0.6) is 0 Å². The van der Waals surface area contributed by atoms with E-state index in [9.17, 15) is 0 Å². The van der Waals surface area contributed by atoms with Crippen LogP contribution < -0.4 is 5.32 Å². The van der Waals surface area contributed by atoms with Gasteiger partial charge in [-0.15, -0.1) is 0 Å². The minimum absolute atomic E-state index is 0.174. The predicted molar refractivity (Wildman–Crippen MR) is 81.6 cm³/mol. The van der Waals surface area contributed by atoms with E-state index in [0.29, 0.717) is 0 Å². The second kappa shape index (κ2) is 6.76. The summed E-state index contributed by atoms with van der Waals surface area (Å²) < 4.78 is 5.61. The van der Waals surface area contributed by atoms with Crippen LogP contribution in [0.1, 0.15) is 49.5 Å². The summed E-state index contributed by atoms with van der Waals surface area (Å²) in [5, 5.41) is 3.67. The third kappa shape index (κ3) is 3.31. The Bertz CT molecular complexity index is 485. The van der Waals surface area contributed by atoms with Crippen molar-refractivity contribution in [2.45, 2.75) is 38.1 Å². The van der Waals surface area contributed by atoms with Crippen molar-refractivity contribution in [2.75, 3.05) is 6.54 Å². The minimum Gasteiger partial charge on any atom is -0.467 e. The summed E-state index contributed by atoms with van der Waals surface area (Å²) in [7, 11) is 0. The molecular formula is C18H23NO. The molecule has 1 aromatic carbocycles. The van der Waals surface area contributed by atoms with Crippen LogP contribution in [0.3, 0.4) is 0 Å². The number of furan rings is 1. The van der Waals surface area contributed by atoms with E-state index in [2.05, 4.69) is 41.7 Å². The number of hydrogen-bond donors (Lipinski definition) is 1. The highest BCUT2D eigenvalue weighted by molar-refractivity contribution is 5.26. The maximum absolute atomic E-state index is 5.61. The lowest BCUT2D eigenvalue weighted by atomic mass is 10.0. The average Bonchev–Trinajstić information content (AvgIpc) is 3.18. The highest BCUT2D eigenvalue weighted by atomic mass is 16.3. The molecule has 20 heavy (non-hydrogen) atoms. The van der Waals surface area contributed by atoms with E-state index in [1.807, 2.05) is 6.07 Å². The molecule has 1 heterocycles. The molecule has 0 bridgehead atoms. The Balaban J connectivity index is 1.63. The maximum atomic E-state index is 5.61. The van der Waals surface area contributed by atoms with Gasteiger partial charge in [0.05, 0.1) is 12.3 Å². The fraction of sp³-hybridized carbons (Fsp3) is 0.444. The van der Waals surface area contributed by atoms with Gasteiger partial charge in [0.2, 0.25) is 0 Å². The molecule has 1 aliphatic carbocycles. The molecule has 3 rings (SSSR count). The van der Waals surface area contributed by atoms with E-state index in [4.69, 9.17) is 4.42 Å². The van der Waals surface area contributed by atoms with Gasteiger partial charge in [0.25, 0.3) is 0 Å². The molecule has 0 amide bonds. The Morgan fingerprint density at radius 1 is 1.05 bits per heavy atom. The first-order valence-electron chi connectivity index (χ1n) is 7.75. The molecule has 1 unspecified atom stereocenters. The monoisotopic (exact) mass is 269 g/mol. The lowest BCUT2D eigenvalue weighted by Crippen LogP contribution is -2.24. The molecule has 1 aliphatic rings. The molecule has 0 aliphatic heterocycles. The molecule has 0 spiro atoms. The molecule has 2 heteroatoms. The van der Waals surface area contributed by atoms with Gasteiger partial charge in [-0.2, -0.15) is 0 Å². The molecule has 2 aromatic rings. The second-order valence-electron chi connectivity index (χ2n) is 5.75. The summed E-state index contributed by atoms with van der Waals surface area (Å²) in [5.74, 6) is 1.93. The van der Waals surface area contributed by atoms with Crippen LogP contribution in [0.4, 0.5) is 0 Å². The van der Waals surface area contributed by atoms with Gasteiger partial charge in [-0.25, -0.2) is 0 Å². The lowest BCUT2D eigenvalue weighted by molar-refractivity contribution is 0.418. The Kier molecular flexibility index (Phi) is 4.54. The third-order valence-corrected chi connectivity index (χ3v) is 4.34. The quantitative estimate of drug-likeness (QED) is 0.833. The van der Waals surface area contributed by atoms with Crippen LogP contribution in [0, 0.1) is 5.92 Å². The van der Waals surface area contributed by atoms with E-state index < -0.39 is 0 Å². The fourth-order valence-corrected chi connectivity index (χ4v) is 3.21. The standard InChI is InChI=1S/C18H23NO/c1-2-9-16(10-3-1)18(17-11-6-14-20-17)19-13-12-15-7-4-5-8-15/h1-3,6,9-11,14-15,18-19H,4-5,7-8,12-13H2. The van der Waals surface area contributed by atoms with Gasteiger partial charge in [-0.3, -0.25) is 0 Å². The zero-order chi connectivity index (χ0) is 13.6. The molecule has 1 N–H and O–H groups in total.